The van der Waals surface area contributed by atoms with E-state index in [1.54, 1.807) is 14.0 Å². The molecular formula is C21H29NO3. The molecule has 1 aromatic carbocycles. The van der Waals surface area contributed by atoms with Crippen LogP contribution < -0.4 is 10.1 Å². The van der Waals surface area contributed by atoms with Gasteiger partial charge in [0.15, 0.2) is 0 Å². The van der Waals surface area contributed by atoms with E-state index in [0.717, 1.165) is 24.3 Å². The lowest BCUT2D eigenvalue weighted by atomic mass is 9.58. The van der Waals surface area contributed by atoms with Crippen molar-refractivity contribution < 1.29 is 14.3 Å². The zero-order valence-corrected chi connectivity index (χ0v) is 15.7. The molecular weight excluding hydrogens is 314 g/mol. The number of rotatable bonds is 3. The van der Waals surface area contributed by atoms with Crippen molar-refractivity contribution in [2.45, 2.75) is 52.2 Å². The number of benzene rings is 1. The van der Waals surface area contributed by atoms with Gasteiger partial charge in [0.1, 0.15) is 5.75 Å². The largest absolute Gasteiger partial charge is 0.496 e. The molecule has 1 amide bonds. The van der Waals surface area contributed by atoms with Crippen molar-refractivity contribution in [1.29, 1.82) is 0 Å². The maximum Gasteiger partial charge on any atom is 0.217 e. The molecule has 1 saturated heterocycles. The van der Waals surface area contributed by atoms with Crippen molar-refractivity contribution in [3.05, 3.63) is 29.8 Å². The molecule has 5 atom stereocenters. The van der Waals surface area contributed by atoms with Crippen molar-refractivity contribution in [1.82, 2.24) is 5.32 Å². The normalized spacial score (nSPS) is 38.2. The van der Waals surface area contributed by atoms with Gasteiger partial charge in [0.2, 0.25) is 5.91 Å². The van der Waals surface area contributed by atoms with Crippen LogP contribution in [0.2, 0.25) is 0 Å². The van der Waals surface area contributed by atoms with Gasteiger partial charge in [0.25, 0.3) is 0 Å². The van der Waals surface area contributed by atoms with Crippen molar-refractivity contribution in [2.75, 3.05) is 13.7 Å². The molecule has 2 aliphatic carbocycles. The predicted octanol–water partition coefficient (Wildman–Crippen LogP) is 3.71. The van der Waals surface area contributed by atoms with Crippen LogP contribution in [0, 0.1) is 22.7 Å². The number of hydrogen-bond donors (Lipinski definition) is 1. The third-order valence-corrected chi connectivity index (χ3v) is 7.30. The lowest BCUT2D eigenvalue weighted by Crippen LogP contribution is -2.58. The smallest absolute Gasteiger partial charge is 0.217 e. The van der Waals surface area contributed by atoms with E-state index in [1.807, 2.05) is 12.1 Å². The Bertz CT molecular complexity index is 685. The highest BCUT2D eigenvalue weighted by Crippen LogP contribution is 2.70. The molecule has 2 bridgehead atoms. The summed E-state index contributed by atoms with van der Waals surface area (Å²) in [6.07, 6.45) is 3.47. The third-order valence-electron chi connectivity index (χ3n) is 7.30. The molecule has 2 saturated carbocycles. The van der Waals surface area contributed by atoms with Crippen LogP contribution in [0.4, 0.5) is 0 Å². The number of para-hydroxylation sites is 1. The van der Waals surface area contributed by atoms with Gasteiger partial charge in [-0.25, -0.2) is 0 Å². The van der Waals surface area contributed by atoms with Crippen LogP contribution in [0.15, 0.2) is 24.3 Å². The summed E-state index contributed by atoms with van der Waals surface area (Å²) in [6, 6.07) is 8.44. The van der Waals surface area contributed by atoms with E-state index in [2.05, 4.69) is 31.3 Å². The monoisotopic (exact) mass is 343 g/mol. The van der Waals surface area contributed by atoms with Crippen LogP contribution in [-0.4, -0.2) is 25.7 Å². The molecule has 4 rings (SSSR count). The molecule has 136 valence electrons. The second kappa shape index (κ2) is 5.73. The van der Waals surface area contributed by atoms with Gasteiger partial charge in [-0.05, 0) is 48.0 Å². The molecule has 3 fully saturated rings. The second-order valence-corrected chi connectivity index (χ2v) is 8.71. The zero-order valence-electron chi connectivity index (χ0n) is 15.7. The van der Waals surface area contributed by atoms with Gasteiger partial charge < -0.3 is 14.8 Å². The number of methoxy groups -OCH3 is 1. The summed E-state index contributed by atoms with van der Waals surface area (Å²) in [5, 5.41) is 3.33. The van der Waals surface area contributed by atoms with Crippen LogP contribution in [0.3, 0.4) is 0 Å². The molecule has 1 unspecified atom stereocenters. The Kier molecular flexibility index (Phi) is 3.87. The van der Waals surface area contributed by atoms with Gasteiger partial charge in [-0.1, -0.05) is 32.0 Å². The zero-order chi connectivity index (χ0) is 17.8. The Labute approximate surface area is 150 Å². The molecule has 1 N–H and O–H groups in total. The summed E-state index contributed by atoms with van der Waals surface area (Å²) in [5.74, 6) is 2.06. The Morgan fingerprint density at radius 3 is 2.80 bits per heavy atom. The van der Waals surface area contributed by atoms with E-state index >= 15 is 0 Å². The molecule has 0 radical (unpaired) electrons. The fourth-order valence-corrected chi connectivity index (χ4v) is 6.20. The van der Waals surface area contributed by atoms with Crippen molar-refractivity contribution in [3.63, 3.8) is 0 Å². The minimum atomic E-state index is 0.0576. The molecule has 3 aliphatic rings. The van der Waals surface area contributed by atoms with E-state index < -0.39 is 0 Å². The Morgan fingerprint density at radius 2 is 2.08 bits per heavy atom. The second-order valence-electron chi connectivity index (χ2n) is 8.71. The number of ether oxygens (including phenoxy) is 2. The van der Waals surface area contributed by atoms with E-state index in [4.69, 9.17) is 9.47 Å². The summed E-state index contributed by atoms with van der Waals surface area (Å²) < 4.78 is 11.9. The van der Waals surface area contributed by atoms with Crippen LogP contribution in [0.1, 0.15) is 51.7 Å². The van der Waals surface area contributed by atoms with Gasteiger partial charge >= 0.3 is 0 Å². The minimum Gasteiger partial charge on any atom is -0.496 e. The summed E-state index contributed by atoms with van der Waals surface area (Å²) >= 11 is 0. The highest BCUT2D eigenvalue weighted by molar-refractivity contribution is 5.73. The first kappa shape index (κ1) is 16.9. The number of fused-ring (bicyclic) bond motifs is 1. The highest BCUT2D eigenvalue weighted by Gasteiger charge is 2.68. The van der Waals surface area contributed by atoms with Crippen molar-refractivity contribution in [2.24, 2.45) is 22.7 Å². The summed E-state index contributed by atoms with van der Waals surface area (Å²) in [5.41, 5.74) is 1.44. The van der Waals surface area contributed by atoms with Gasteiger partial charge in [0, 0.05) is 25.1 Å². The molecule has 1 spiro atoms. The standard InChI is InChI=1S/C21H29NO3/c1-13(23)22-19-20(2,3)14-11-16-18(25-10-9-21(16,19)12-14)15-7-5-6-8-17(15)24-4/h5-8,14,16,18-19H,9-12H2,1-4H3,(H,22,23)/t14-,16-,18-,19-,21?/m1/s1. The van der Waals surface area contributed by atoms with E-state index in [-0.39, 0.29) is 28.9 Å². The van der Waals surface area contributed by atoms with Crippen molar-refractivity contribution in [3.8, 4) is 5.75 Å². The van der Waals surface area contributed by atoms with E-state index in [0.29, 0.717) is 11.8 Å². The molecule has 0 aromatic heterocycles. The molecule has 1 heterocycles. The van der Waals surface area contributed by atoms with Gasteiger partial charge in [-0.3, -0.25) is 4.79 Å². The average Bonchev–Trinajstić information content (AvgIpc) is 3.07. The summed E-state index contributed by atoms with van der Waals surface area (Å²) in [4.78, 5) is 11.9. The van der Waals surface area contributed by atoms with E-state index in [9.17, 15) is 4.79 Å². The maximum atomic E-state index is 11.9. The van der Waals surface area contributed by atoms with Crippen LogP contribution >= 0.6 is 0 Å². The van der Waals surface area contributed by atoms with Crippen LogP contribution in [0.25, 0.3) is 0 Å². The lowest BCUT2D eigenvalue weighted by molar-refractivity contribution is -0.136. The lowest BCUT2D eigenvalue weighted by Gasteiger charge is -2.53. The first-order valence-electron chi connectivity index (χ1n) is 9.42. The fraction of sp³-hybridized carbons (Fsp3) is 0.667. The van der Waals surface area contributed by atoms with Gasteiger partial charge in [-0.15, -0.1) is 0 Å². The number of amides is 1. The van der Waals surface area contributed by atoms with E-state index in [1.165, 1.54) is 12.8 Å². The molecule has 4 heteroatoms. The average molecular weight is 343 g/mol. The van der Waals surface area contributed by atoms with Crippen molar-refractivity contribution >= 4 is 5.91 Å². The van der Waals surface area contributed by atoms with Crippen LogP contribution in [-0.2, 0) is 9.53 Å². The minimum absolute atomic E-state index is 0.0576. The Morgan fingerprint density at radius 1 is 1.32 bits per heavy atom. The first-order valence-corrected chi connectivity index (χ1v) is 9.42. The number of carbonyl (C=O) groups excluding carboxylic acids is 1. The maximum absolute atomic E-state index is 11.9. The highest BCUT2D eigenvalue weighted by atomic mass is 16.5. The Hall–Kier alpha value is -1.55. The molecule has 4 nitrogen and oxygen atoms in total. The molecule has 1 aliphatic heterocycles. The first-order chi connectivity index (χ1) is 11.9. The van der Waals surface area contributed by atoms with Gasteiger partial charge in [0.05, 0.1) is 13.2 Å². The quantitative estimate of drug-likeness (QED) is 0.910. The third kappa shape index (κ3) is 2.33. The number of hydrogen-bond acceptors (Lipinski definition) is 3. The predicted molar refractivity (Wildman–Crippen MR) is 96.3 cm³/mol. The fourth-order valence-electron chi connectivity index (χ4n) is 6.20. The van der Waals surface area contributed by atoms with Crippen LogP contribution in [0.5, 0.6) is 5.75 Å². The summed E-state index contributed by atoms with van der Waals surface area (Å²) in [7, 11) is 1.72. The SMILES string of the molecule is COc1ccccc1[C@H]1OCCC23C[C@@H](C[C@H]12)C(C)(C)[C@H]3NC(C)=O. The number of nitrogens with one attached hydrogen (secondary N) is 1. The summed E-state index contributed by atoms with van der Waals surface area (Å²) in [6.45, 7) is 7.05. The molecule has 1 aromatic rings. The topological polar surface area (TPSA) is 47.6 Å². The van der Waals surface area contributed by atoms with Gasteiger partial charge in [-0.2, -0.15) is 0 Å². The number of carbonyl (C=O) groups is 1. The molecule has 25 heavy (non-hydrogen) atoms. The Balaban J connectivity index is 1.74.